The van der Waals surface area contributed by atoms with Crippen molar-refractivity contribution in [1.29, 1.82) is 0 Å². The van der Waals surface area contributed by atoms with Crippen LogP contribution in [0.4, 0.5) is 4.79 Å². The number of pyridine rings is 1. The van der Waals surface area contributed by atoms with E-state index in [2.05, 4.69) is 15.5 Å². The summed E-state index contributed by atoms with van der Waals surface area (Å²) in [5.74, 6) is 0. The number of hydrazone groups is 1. The highest BCUT2D eigenvalue weighted by Gasteiger charge is 2.02. The van der Waals surface area contributed by atoms with E-state index in [1.807, 2.05) is 48.5 Å². The summed E-state index contributed by atoms with van der Waals surface area (Å²) in [5, 5.41) is 3.94. The number of rotatable bonds is 4. The van der Waals surface area contributed by atoms with Crippen molar-refractivity contribution in [2.75, 3.05) is 0 Å². The summed E-state index contributed by atoms with van der Waals surface area (Å²) >= 11 is 0. The van der Waals surface area contributed by atoms with E-state index in [-0.39, 0.29) is 6.61 Å². The number of hydrogen-bond donors (Lipinski definition) is 1. The lowest BCUT2D eigenvalue weighted by molar-refractivity contribution is 0.140. The molecule has 1 heterocycles. The molecular weight excluding hydrogens is 254 g/mol. The molecule has 1 aromatic carbocycles. The number of nitrogens with one attached hydrogen (secondary N) is 1. The van der Waals surface area contributed by atoms with Crippen molar-refractivity contribution in [3.8, 4) is 0 Å². The van der Waals surface area contributed by atoms with Gasteiger partial charge < -0.3 is 4.74 Å². The minimum atomic E-state index is -0.593. The van der Waals surface area contributed by atoms with Crippen molar-refractivity contribution in [2.24, 2.45) is 5.10 Å². The molecule has 0 fully saturated rings. The molecule has 0 unspecified atom stereocenters. The summed E-state index contributed by atoms with van der Waals surface area (Å²) in [6, 6.07) is 14.9. The molecule has 1 amide bonds. The molecule has 0 spiro atoms. The molecule has 0 aliphatic carbocycles. The molecule has 5 nitrogen and oxygen atoms in total. The highest BCUT2D eigenvalue weighted by atomic mass is 16.5. The Balaban J connectivity index is 1.83. The second kappa shape index (κ2) is 7.04. The minimum absolute atomic E-state index is 0.213. The van der Waals surface area contributed by atoms with Crippen molar-refractivity contribution in [3.63, 3.8) is 0 Å². The number of amides is 1. The maximum absolute atomic E-state index is 11.5. The number of benzene rings is 1. The second-order valence-corrected chi connectivity index (χ2v) is 4.09. The van der Waals surface area contributed by atoms with Crippen LogP contribution in [0.2, 0.25) is 0 Å². The van der Waals surface area contributed by atoms with Crippen LogP contribution in [0.3, 0.4) is 0 Å². The first kappa shape index (κ1) is 13.7. The van der Waals surface area contributed by atoms with Gasteiger partial charge in [-0.15, -0.1) is 0 Å². The Morgan fingerprint density at radius 1 is 1.20 bits per heavy atom. The van der Waals surface area contributed by atoms with Crippen LogP contribution in [0, 0.1) is 0 Å². The van der Waals surface area contributed by atoms with E-state index < -0.39 is 6.09 Å². The first-order valence-electron chi connectivity index (χ1n) is 6.18. The van der Waals surface area contributed by atoms with Gasteiger partial charge in [-0.25, -0.2) is 10.2 Å². The predicted octanol–water partition coefficient (Wildman–Crippen LogP) is 2.73. The zero-order chi connectivity index (χ0) is 14.2. The Morgan fingerprint density at radius 3 is 2.65 bits per heavy atom. The molecule has 0 aliphatic heterocycles. The predicted molar refractivity (Wildman–Crippen MR) is 76.2 cm³/mol. The summed E-state index contributed by atoms with van der Waals surface area (Å²) in [6.45, 7) is 1.98. The van der Waals surface area contributed by atoms with Gasteiger partial charge in [-0.1, -0.05) is 36.4 Å². The van der Waals surface area contributed by atoms with Crippen molar-refractivity contribution < 1.29 is 9.53 Å². The van der Waals surface area contributed by atoms with E-state index >= 15 is 0 Å². The monoisotopic (exact) mass is 269 g/mol. The van der Waals surface area contributed by atoms with Gasteiger partial charge >= 0.3 is 6.09 Å². The summed E-state index contributed by atoms with van der Waals surface area (Å²) in [7, 11) is 0. The standard InChI is InChI=1S/C15H15N3O2/c1-12(14-9-5-6-10-16-14)17-18-15(19)20-11-13-7-3-2-4-8-13/h2-10H,11H2,1H3,(H,18,19). The van der Waals surface area contributed by atoms with E-state index in [1.165, 1.54) is 0 Å². The molecule has 102 valence electrons. The fraction of sp³-hybridized carbons (Fsp3) is 0.133. The van der Waals surface area contributed by atoms with Crippen LogP contribution in [-0.2, 0) is 11.3 Å². The SMILES string of the molecule is CC(=NNC(=O)OCc1ccccc1)c1ccccn1. The molecule has 0 radical (unpaired) electrons. The van der Waals surface area contributed by atoms with Crippen LogP contribution in [-0.4, -0.2) is 16.8 Å². The second-order valence-electron chi connectivity index (χ2n) is 4.09. The van der Waals surface area contributed by atoms with Gasteiger partial charge in [0.15, 0.2) is 0 Å². The van der Waals surface area contributed by atoms with Gasteiger partial charge in [-0.3, -0.25) is 4.98 Å². The van der Waals surface area contributed by atoms with Crippen LogP contribution in [0.5, 0.6) is 0 Å². The minimum Gasteiger partial charge on any atom is -0.443 e. The smallest absolute Gasteiger partial charge is 0.428 e. The fourth-order valence-corrected chi connectivity index (χ4v) is 1.52. The largest absolute Gasteiger partial charge is 0.443 e. The maximum atomic E-state index is 11.5. The van der Waals surface area contributed by atoms with Crippen molar-refractivity contribution >= 4 is 11.8 Å². The Kier molecular flexibility index (Phi) is 4.83. The topological polar surface area (TPSA) is 63.6 Å². The maximum Gasteiger partial charge on any atom is 0.428 e. The molecule has 0 bridgehead atoms. The molecule has 5 heteroatoms. The van der Waals surface area contributed by atoms with E-state index in [9.17, 15) is 4.79 Å². The molecule has 20 heavy (non-hydrogen) atoms. The van der Waals surface area contributed by atoms with E-state index in [0.29, 0.717) is 11.4 Å². The van der Waals surface area contributed by atoms with Gasteiger partial charge in [-0.2, -0.15) is 5.10 Å². The van der Waals surface area contributed by atoms with Crippen molar-refractivity contribution in [1.82, 2.24) is 10.4 Å². The lowest BCUT2D eigenvalue weighted by atomic mass is 10.2. The van der Waals surface area contributed by atoms with Crippen LogP contribution in [0.25, 0.3) is 0 Å². The average Bonchev–Trinajstić information content (AvgIpc) is 2.52. The Bertz CT molecular complexity index is 583. The zero-order valence-corrected chi connectivity index (χ0v) is 11.1. The van der Waals surface area contributed by atoms with Gasteiger partial charge in [0.25, 0.3) is 0 Å². The summed E-state index contributed by atoms with van der Waals surface area (Å²) < 4.78 is 5.04. The number of carbonyl (C=O) groups excluding carboxylic acids is 1. The molecular formula is C15H15N3O2. The molecule has 0 atom stereocenters. The van der Waals surface area contributed by atoms with E-state index in [4.69, 9.17) is 4.74 Å². The fourth-order valence-electron chi connectivity index (χ4n) is 1.52. The number of hydrogen-bond acceptors (Lipinski definition) is 4. The average molecular weight is 269 g/mol. The summed E-state index contributed by atoms with van der Waals surface area (Å²) in [6.07, 6.45) is 1.08. The van der Waals surface area contributed by atoms with Gasteiger partial charge in [0.05, 0.1) is 11.4 Å². The molecule has 1 N–H and O–H groups in total. The Hall–Kier alpha value is -2.69. The highest BCUT2D eigenvalue weighted by Crippen LogP contribution is 2.00. The number of ether oxygens (including phenoxy) is 1. The first-order valence-corrected chi connectivity index (χ1v) is 6.18. The molecule has 1 aromatic heterocycles. The third-order valence-corrected chi connectivity index (χ3v) is 2.56. The van der Waals surface area contributed by atoms with E-state index in [1.54, 1.807) is 13.1 Å². The third kappa shape index (κ3) is 4.20. The lowest BCUT2D eigenvalue weighted by Crippen LogP contribution is -2.20. The number of aromatic nitrogens is 1. The van der Waals surface area contributed by atoms with Crippen molar-refractivity contribution in [3.05, 3.63) is 66.0 Å². The number of nitrogens with zero attached hydrogens (tertiary/aromatic N) is 2. The van der Waals surface area contributed by atoms with Crippen LogP contribution in [0.15, 0.2) is 59.8 Å². The highest BCUT2D eigenvalue weighted by molar-refractivity contribution is 5.97. The normalized spacial score (nSPS) is 10.9. The molecule has 0 saturated carbocycles. The van der Waals surface area contributed by atoms with Crippen LogP contribution >= 0.6 is 0 Å². The molecule has 0 saturated heterocycles. The van der Waals surface area contributed by atoms with Crippen molar-refractivity contribution in [2.45, 2.75) is 13.5 Å². The quantitative estimate of drug-likeness (QED) is 0.685. The van der Waals surface area contributed by atoms with E-state index in [0.717, 1.165) is 5.56 Å². The molecule has 2 rings (SSSR count). The van der Waals surface area contributed by atoms with Gasteiger partial charge in [0.2, 0.25) is 0 Å². The zero-order valence-electron chi connectivity index (χ0n) is 11.1. The Morgan fingerprint density at radius 2 is 1.95 bits per heavy atom. The van der Waals surface area contributed by atoms with Gasteiger partial charge in [0.1, 0.15) is 6.61 Å². The summed E-state index contributed by atoms with van der Waals surface area (Å²) in [4.78, 5) is 15.6. The van der Waals surface area contributed by atoms with Crippen LogP contribution in [0.1, 0.15) is 18.2 Å². The lowest BCUT2D eigenvalue weighted by Gasteiger charge is -2.04. The first-order chi connectivity index (χ1) is 9.75. The van der Waals surface area contributed by atoms with Crippen LogP contribution < -0.4 is 5.43 Å². The van der Waals surface area contributed by atoms with Gasteiger partial charge in [0, 0.05) is 6.20 Å². The third-order valence-electron chi connectivity index (χ3n) is 2.56. The molecule has 0 aliphatic rings. The summed E-state index contributed by atoms with van der Waals surface area (Å²) in [5.41, 5.74) is 4.58. The number of carbonyl (C=O) groups is 1. The van der Waals surface area contributed by atoms with Gasteiger partial charge in [-0.05, 0) is 24.6 Å². The Labute approximate surface area is 117 Å². The molecule has 2 aromatic rings.